The van der Waals surface area contributed by atoms with E-state index in [9.17, 15) is 18.0 Å². The van der Waals surface area contributed by atoms with Crippen LogP contribution in [-0.4, -0.2) is 30.8 Å². The fourth-order valence-corrected chi connectivity index (χ4v) is 5.04. The number of hydrazone groups is 1. The number of rotatable bonds is 9. The first-order chi connectivity index (χ1) is 18.7. The summed E-state index contributed by atoms with van der Waals surface area (Å²) in [4.78, 5) is 24.2. The molecule has 1 aromatic heterocycles. The number of nitrogens with zero attached hydrogens (tertiary/aromatic N) is 2. The van der Waals surface area contributed by atoms with Gasteiger partial charge in [-0.2, -0.15) is 9.41 Å². The monoisotopic (exact) mass is 564 g/mol. The number of aryl methyl sites for hydroxylation is 1. The van der Waals surface area contributed by atoms with Crippen molar-refractivity contribution < 1.29 is 22.4 Å². The Morgan fingerprint density at radius 2 is 1.59 bits per heavy atom. The number of hydrogen-bond donors (Lipinski definition) is 2. The van der Waals surface area contributed by atoms with Gasteiger partial charge in [0.05, 0.1) is 17.7 Å². The van der Waals surface area contributed by atoms with Gasteiger partial charge in [-0.15, -0.1) is 0 Å². The zero-order chi connectivity index (χ0) is 27.8. The molecule has 2 N–H and O–H groups in total. The number of nitrogens with one attached hydrogen (secondary N) is 2. The number of amides is 2. The Morgan fingerprint density at radius 1 is 0.897 bits per heavy atom. The Labute approximate surface area is 231 Å². The summed E-state index contributed by atoms with van der Waals surface area (Å²) in [5.74, 6) is -1.26. The molecule has 0 unspecified atom stereocenters. The van der Waals surface area contributed by atoms with Crippen molar-refractivity contribution in [2.45, 2.75) is 24.9 Å². The highest BCUT2D eigenvalue weighted by molar-refractivity contribution is 7.89. The van der Waals surface area contributed by atoms with Crippen LogP contribution in [0.2, 0.25) is 5.02 Å². The molecule has 4 aromatic rings. The summed E-state index contributed by atoms with van der Waals surface area (Å²) < 4.78 is 34.0. The van der Waals surface area contributed by atoms with Crippen molar-refractivity contribution in [3.8, 4) is 0 Å². The molecule has 0 saturated heterocycles. The van der Waals surface area contributed by atoms with Gasteiger partial charge in [-0.25, -0.2) is 13.8 Å². The topological polar surface area (TPSA) is 121 Å². The second-order valence-electron chi connectivity index (χ2n) is 8.54. The molecule has 1 heterocycles. The highest BCUT2D eigenvalue weighted by Crippen LogP contribution is 2.22. The van der Waals surface area contributed by atoms with E-state index >= 15 is 0 Å². The molecule has 0 atom stereocenters. The van der Waals surface area contributed by atoms with Crippen molar-refractivity contribution in [3.63, 3.8) is 0 Å². The number of anilines is 1. The van der Waals surface area contributed by atoms with Gasteiger partial charge in [-0.1, -0.05) is 59.6 Å². The van der Waals surface area contributed by atoms with E-state index in [1.807, 2.05) is 37.3 Å². The van der Waals surface area contributed by atoms with E-state index in [2.05, 4.69) is 15.8 Å². The minimum absolute atomic E-state index is 0.0329. The molecule has 0 aliphatic carbocycles. The van der Waals surface area contributed by atoms with Crippen LogP contribution in [0.25, 0.3) is 0 Å². The van der Waals surface area contributed by atoms with Gasteiger partial charge >= 0.3 is 11.8 Å². The Hall–Kier alpha value is -4.25. The van der Waals surface area contributed by atoms with E-state index in [0.717, 1.165) is 11.1 Å². The van der Waals surface area contributed by atoms with Gasteiger partial charge in [0, 0.05) is 17.3 Å². The van der Waals surface area contributed by atoms with Crippen LogP contribution in [0.5, 0.6) is 0 Å². The third kappa shape index (κ3) is 7.64. The summed E-state index contributed by atoms with van der Waals surface area (Å²) in [6.07, 6.45) is 1.22. The van der Waals surface area contributed by atoms with Crippen LogP contribution in [0.4, 0.5) is 5.69 Å². The molecule has 9 nitrogen and oxygen atoms in total. The van der Waals surface area contributed by atoms with Gasteiger partial charge < -0.3 is 9.73 Å². The van der Waals surface area contributed by atoms with Crippen molar-refractivity contribution in [2.24, 2.45) is 5.10 Å². The van der Waals surface area contributed by atoms with Gasteiger partial charge in [0.2, 0.25) is 10.0 Å². The molecule has 0 spiro atoms. The molecule has 3 aromatic carbocycles. The molecule has 11 heteroatoms. The lowest BCUT2D eigenvalue weighted by molar-refractivity contribution is -0.136. The van der Waals surface area contributed by atoms with Crippen molar-refractivity contribution >= 4 is 45.3 Å². The first-order valence-corrected chi connectivity index (χ1v) is 13.6. The van der Waals surface area contributed by atoms with Gasteiger partial charge in [0.1, 0.15) is 11.5 Å². The van der Waals surface area contributed by atoms with Gasteiger partial charge in [-0.05, 0) is 61.0 Å². The number of carbonyl (C=O) groups excluding carboxylic acids is 2. The summed E-state index contributed by atoms with van der Waals surface area (Å²) >= 11 is 5.81. The molecule has 2 amide bonds. The van der Waals surface area contributed by atoms with Gasteiger partial charge in [-0.3, -0.25) is 9.59 Å². The molecule has 0 radical (unpaired) electrons. The Morgan fingerprint density at radius 3 is 2.28 bits per heavy atom. The summed E-state index contributed by atoms with van der Waals surface area (Å²) in [7, 11) is -3.84. The van der Waals surface area contributed by atoms with Crippen molar-refractivity contribution in [1.82, 2.24) is 9.73 Å². The zero-order valence-electron chi connectivity index (χ0n) is 20.9. The number of benzene rings is 3. The van der Waals surface area contributed by atoms with E-state index in [1.54, 1.807) is 60.7 Å². The number of sulfonamides is 1. The van der Waals surface area contributed by atoms with E-state index < -0.39 is 21.8 Å². The molecule has 0 aliphatic heterocycles. The number of hydrogen-bond acceptors (Lipinski definition) is 6. The highest BCUT2D eigenvalue weighted by Gasteiger charge is 2.26. The zero-order valence-corrected chi connectivity index (χ0v) is 22.4. The van der Waals surface area contributed by atoms with Crippen LogP contribution in [-0.2, 0) is 32.7 Å². The molecule has 0 aliphatic rings. The average Bonchev–Trinajstić information content (AvgIpc) is 3.37. The molecule has 39 heavy (non-hydrogen) atoms. The standard InChI is InChI=1S/C28H25ClN4O5S/c1-20-7-15-26(16-8-20)39(36,37)33(18-21-5-3-2-4-6-21)19-25-14-13-24(38-25)17-30-32-28(35)27(34)31-23-11-9-22(29)10-12-23/h2-17H,18-19H2,1H3,(H,31,34)(H,32,35)/b30-17+. The summed E-state index contributed by atoms with van der Waals surface area (Å²) in [5.41, 5.74) is 4.30. The Balaban J connectivity index is 1.42. The summed E-state index contributed by atoms with van der Waals surface area (Å²) in [6, 6.07) is 25.4. The quantitative estimate of drug-likeness (QED) is 0.173. The largest absolute Gasteiger partial charge is 0.459 e. The molecule has 200 valence electrons. The van der Waals surface area contributed by atoms with Crippen LogP contribution >= 0.6 is 11.6 Å². The minimum atomic E-state index is -3.84. The maximum absolute atomic E-state index is 13.5. The van der Waals surface area contributed by atoms with Gasteiger partial charge in [0.15, 0.2) is 0 Å². The third-order valence-electron chi connectivity index (χ3n) is 5.54. The third-order valence-corrected chi connectivity index (χ3v) is 7.60. The first-order valence-electron chi connectivity index (χ1n) is 11.8. The minimum Gasteiger partial charge on any atom is -0.459 e. The number of halogens is 1. The number of carbonyl (C=O) groups is 2. The van der Waals surface area contributed by atoms with Crippen molar-refractivity contribution in [2.75, 3.05) is 5.32 Å². The van der Waals surface area contributed by atoms with E-state index in [1.165, 1.54) is 10.5 Å². The van der Waals surface area contributed by atoms with E-state index in [0.29, 0.717) is 16.5 Å². The maximum atomic E-state index is 13.5. The second-order valence-corrected chi connectivity index (χ2v) is 10.9. The maximum Gasteiger partial charge on any atom is 0.329 e. The lowest BCUT2D eigenvalue weighted by atomic mass is 10.2. The van der Waals surface area contributed by atoms with Crippen LogP contribution in [0.1, 0.15) is 22.6 Å². The van der Waals surface area contributed by atoms with Crippen LogP contribution in [0.3, 0.4) is 0 Å². The van der Waals surface area contributed by atoms with Crippen LogP contribution < -0.4 is 10.7 Å². The second kappa shape index (κ2) is 12.5. The SMILES string of the molecule is Cc1ccc(S(=O)(=O)N(Cc2ccccc2)Cc2ccc(/C=N/NC(=O)C(=O)Nc3ccc(Cl)cc3)o2)cc1. The lowest BCUT2D eigenvalue weighted by Crippen LogP contribution is -2.32. The smallest absolute Gasteiger partial charge is 0.329 e. The lowest BCUT2D eigenvalue weighted by Gasteiger charge is -2.21. The fraction of sp³-hybridized carbons (Fsp3) is 0.107. The molecule has 4 rings (SSSR count). The number of furan rings is 1. The normalized spacial score (nSPS) is 11.6. The van der Waals surface area contributed by atoms with Crippen LogP contribution in [0, 0.1) is 6.92 Å². The molecular weight excluding hydrogens is 540 g/mol. The molecule has 0 fully saturated rings. The predicted octanol–water partition coefficient (Wildman–Crippen LogP) is 4.72. The van der Waals surface area contributed by atoms with Crippen LogP contribution in [0.15, 0.2) is 105 Å². The van der Waals surface area contributed by atoms with Crippen molar-refractivity contribution in [1.29, 1.82) is 0 Å². The fourth-order valence-electron chi connectivity index (χ4n) is 3.52. The molecule has 0 saturated carbocycles. The predicted molar refractivity (Wildman–Crippen MR) is 149 cm³/mol. The van der Waals surface area contributed by atoms with Gasteiger partial charge in [0.25, 0.3) is 0 Å². The van der Waals surface area contributed by atoms with E-state index in [-0.39, 0.29) is 23.7 Å². The Kier molecular flexibility index (Phi) is 8.92. The Bertz CT molecular complexity index is 1570. The first kappa shape index (κ1) is 27.8. The highest BCUT2D eigenvalue weighted by atomic mass is 35.5. The summed E-state index contributed by atoms with van der Waals surface area (Å²) in [6.45, 7) is 1.99. The van der Waals surface area contributed by atoms with Crippen molar-refractivity contribution in [3.05, 3.63) is 119 Å². The molecular formula is C28H25ClN4O5S. The summed E-state index contributed by atoms with van der Waals surface area (Å²) in [5, 5.41) is 6.67. The average molecular weight is 565 g/mol. The van der Waals surface area contributed by atoms with E-state index in [4.69, 9.17) is 16.0 Å². The molecule has 0 bridgehead atoms.